The maximum atomic E-state index is 11.1. The number of carbonyl (C=O) groups excluding carboxylic acids is 2. The van der Waals surface area contributed by atoms with Crippen LogP contribution in [0.15, 0.2) is 0 Å². The molecule has 0 fully saturated rings. The van der Waals surface area contributed by atoms with Gasteiger partial charge in [0.15, 0.2) is 6.29 Å². The van der Waals surface area contributed by atoms with E-state index in [1.807, 2.05) is 4.90 Å². The van der Waals surface area contributed by atoms with E-state index in [1.165, 1.54) is 0 Å². The summed E-state index contributed by atoms with van der Waals surface area (Å²) >= 11 is 0. The third-order valence-corrected chi connectivity index (χ3v) is 2.78. The number of anilines is 1. The maximum absolute atomic E-state index is 11.1. The lowest BCUT2D eigenvalue weighted by Gasteiger charge is -2.23. The smallest absolute Gasteiger partial charge is 0.236 e. The molecular formula is C12H20N4O2. The molecule has 2 N–H and O–H groups in total. The highest BCUT2D eigenvalue weighted by Gasteiger charge is 2.19. The molecule has 6 heteroatoms. The first-order chi connectivity index (χ1) is 8.51. The molecule has 1 aromatic rings. The summed E-state index contributed by atoms with van der Waals surface area (Å²) in [5, 5.41) is 4.21. The van der Waals surface area contributed by atoms with E-state index in [0.29, 0.717) is 23.6 Å². The number of unbranched alkanes of at least 4 members (excludes halogenated alkanes) is 1. The first-order valence-electron chi connectivity index (χ1n) is 6.03. The van der Waals surface area contributed by atoms with Crippen LogP contribution < -0.4 is 10.6 Å². The van der Waals surface area contributed by atoms with Crippen LogP contribution >= 0.6 is 0 Å². The summed E-state index contributed by atoms with van der Waals surface area (Å²) in [6.07, 6.45) is 2.70. The molecule has 0 bridgehead atoms. The van der Waals surface area contributed by atoms with Crippen LogP contribution in [0.2, 0.25) is 0 Å². The SMILES string of the molecule is CCCCN(CC(N)=O)c1c(C=O)c(C)nn1C. The molecule has 0 atom stereocenters. The molecular weight excluding hydrogens is 232 g/mol. The topological polar surface area (TPSA) is 81.2 Å². The monoisotopic (exact) mass is 252 g/mol. The van der Waals surface area contributed by atoms with Gasteiger partial charge in [-0.2, -0.15) is 5.10 Å². The Balaban J connectivity index is 3.10. The Morgan fingerprint density at radius 1 is 1.56 bits per heavy atom. The van der Waals surface area contributed by atoms with E-state index in [4.69, 9.17) is 5.73 Å². The molecule has 0 aliphatic carbocycles. The lowest BCUT2D eigenvalue weighted by molar-refractivity contribution is -0.116. The van der Waals surface area contributed by atoms with Crippen molar-refractivity contribution in [2.75, 3.05) is 18.0 Å². The molecule has 0 radical (unpaired) electrons. The molecule has 0 aliphatic rings. The fraction of sp³-hybridized carbons (Fsp3) is 0.583. The largest absolute Gasteiger partial charge is 0.368 e. The average molecular weight is 252 g/mol. The van der Waals surface area contributed by atoms with Gasteiger partial charge in [-0.1, -0.05) is 13.3 Å². The standard InChI is InChI=1S/C12H20N4O2/c1-4-5-6-16(7-11(13)18)12-10(8-17)9(2)14-15(12)3/h8H,4-7H2,1-3H3,(H2,13,18). The number of nitrogens with two attached hydrogens (primary N) is 1. The first kappa shape index (κ1) is 14.2. The number of rotatable bonds is 7. The number of nitrogens with zero attached hydrogens (tertiary/aromatic N) is 3. The summed E-state index contributed by atoms with van der Waals surface area (Å²) in [6, 6.07) is 0. The van der Waals surface area contributed by atoms with Crippen LogP contribution in [0, 0.1) is 6.92 Å². The van der Waals surface area contributed by atoms with E-state index in [2.05, 4.69) is 12.0 Å². The lowest BCUT2D eigenvalue weighted by atomic mass is 10.2. The predicted molar refractivity (Wildman–Crippen MR) is 69.6 cm³/mol. The molecule has 0 spiro atoms. The van der Waals surface area contributed by atoms with Crippen molar-refractivity contribution in [3.63, 3.8) is 0 Å². The Hall–Kier alpha value is -1.85. The molecule has 1 amide bonds. The number of amides is 1. The Bertz CT molecular complexity index is 440. The van der Waals surface area contributed by atoms with Crippen molar-refractivity contribution >= 4 is 18.0 Å². The Kier molecular flexibility index (Phi) is 4.88. The van der Waals surface area contributed by atoms with Gasteiger partial charge < -0.3 is 10.6 Å². The minimum absolute atomic E-state index is 0.0970. The summed E-state index contributed by atoms with van der Waals surface area (Å²) in [5.74, 6) is 0.247. The first-order valence-corrected chi connectivity index (χ1v) is 6.03. The summed E-state index contributed by atoms with van der Waals surface area (Å²) in [7, 11) is 1.76. The summed E-state index contributed by atoms with van der Waals surface area (Å²) in [6.45, 7) is 4.62. The molecule has 1 aromatic heterocycles. The van der Waals surface area contributed by atoms with Gasteiger partial charge in [-0.25, -0.2) is 0 Å². The number of carbonyl (C=O) groups is 2. The van der Waals surface area contributed by atoms with Gasteiger partial charge in [0.2, 0.25) is 5.91 Å². The van der Waals surface area contributed by atoms with Crippen molar-refractivity contribution in [2.24, 2.45) is 12.8 Å². The Morgan fingerprint density at radius 3 is 2.72 bits per heavy atom. The highest BCUT2D eigenvalue weighted by atomic mass is 16.1. The molecule has 18 heavy (non-hydrogen) atoms. The van der Waals surface area contributed by atoms with E-state index in [-0.39, 0.29) is 6.54 Å². The molecule has 0 saturated carbocycles. The second-order valence-corrected chi connectivity index (χ2v) is 4.31. The number of primary amides is 1. The van der Waals surface area contributed by atoms with Crippen LogP contribution in [0.4, 0.5) is 5.82 Å². The van der Waals surface area contributed by atoms with Gasteiger partial charge in [0.25, 0.3) is 0 Å². The number of hydrogen-bond acceptors (Lipinski definition) is 4. The summed E-state index contributed by atoms with van der Waals surface area (Å²) in [5.41, 5.74) is 6.44. The minimum atomic E-state index is -0.415. The molecule has 0 aliphatic heterocycles. The molecule has 1 rings (SSSR count). The van der Waals surface area contributed by atoms with E-state index in [1.54, 1.807) is 18.7 Å². The van der Waals surface area contributed by atoms with Gasteiger partial charge in [0.05, 0.1) is 17.8 Å². The predicted octanol–water partition coefficient (Wildman–Crippen LogP) is 0.633. The van der Waals surface area contributed by atoms with Gasteiger partial charge >= 0.3 is 0 Å². The zero-order chi connectivity index (χ0) is 13.7. The lowest BCUT2D eigenvalue weighted by Crippen LogP contribution is -2.36. The van der Waals surface area contributed by atoms with E-state index >= 15 is 0 Å². The normalized spacial score (nSPS) is 10.4. The molecule has 100 valence electrons. The number of aromatic nitrogens is 2. The Morgan fingerprint density at radius 2 is 2.22 bits per heavy atom. The Labute approximate surface area is 107 Å². The van der Waals surface area contributed by atoms with E-state index in [0.717, 1.165) is 19.1 Å². The van der Waals surface area contributed by atoms with Crippen LogP contribution in [-0.2, 0) is 11.8 Å². The van der Waals surface area contributed by atoms with Crippen LogP contribution in [0.25, 0.3) is 0 Å². The zero-order valence-corrected chi connectivity index (χ0v) is 11.1. The van der Waals surface area contributed by atoms with Crippen molar-refractivity contribution in [3.8, 4) is 0 Å². The van der Waals surface area contributed by atoms with Gasteiger partial charge in [-0.3, -0.25) is 14.3 Å². The molecule has 0 aromatic carbocycles. The van der Waals surface area contributed by atoms with E-state index in [9.17, 15) is 9.59 Å². The second kappa shape index (κ2) is 6.18. The van der Waals surface area contributed by atoms with Gasteiger partial charge in [0, 0.05) is 13.6 Å². The quantitative estimate of drug-likeness (QED) is 0.722. The van der Waals surface area contributed by atoms with Crippen molar-refractivity contribution in [1.29, 1.82) is 0 Å². The third-order valence-electron chi connectivity index (χ3n) is 2.78. The highest BCUT2D eigenvalue weighted by molar-refractivity contribution is 5.87. The number of hydrogen-bond donors (Lipinski definition) is 1. The number of aryl methyl sites for hydroxylation is 2. The van der Waals surface area contributed by atoms with Crippen molar-refractivity contribution in [1.82, 2.24) is 9.78 Å². The van der Waals surface area contributed by atoms with Crippen molar-refractivity contribution in [3.05, 3.63) is 11.3 Å². The fourth-order valence-electron chi connectivity index (χ4n) is 1.97. The van der Waals surface area contributed by atoms with Gasteiger partial charge in [-0.05, 0) is 13.3 Å². The van der Waals surface area contributed by atoms with Crippen LogP contribution in [0.1, 0.15) is 35.8 Å². The van der Waals surface area contributed by atoms with Crippen LogP contribution in [0.3, 0.4) is 0 Å². The second-order valence-electron chi connectivity index (χ2n) is 4.31. The van der Waals surface area contributed by atoms with Crippen LogP contribution in [0.5, 0.6) is 0 Å². The number of aldehydes is 1. The van der Waals surface area contributed by atoms with E-state index < -0.39 is 5.91 Å². The maximum Gasteiger partial charge on any atom is 0.236 e. The van der Waals surface area contributed by atoms with Gasteiger partial charge in [0.1, 0.15) is 5.82 Å². The van der Waals surface area contributed by atoms with Crippen LogP contribution in [-0.4, -0.2) is 35.1 Å². The molecule has 1 heterocycles. The minimum Gasteiger partial charge on any atom is -0.368 e. The fourth-order valence-corrected chi connectivity index (χ4v) is 1.97. The third kappa shape index (κ3) is 3.09. The molecule has 0 saturated heterocycles. The van der Waals surface area contributed by atoms with Crippen molar-refractivity contribution < 1.29 is 9.59 Å². The van der Waals surface area contributed by atoms with Crippen molar-refractivity contribution in [2.45, 2.75) is 26.7 Å². The average Bonchev–Trinajstić information content (AvgIpc) is 2.58. The molecule has 6 nitrogen and oxygen atoms in total. The summed E-state index contributed by atoms with van der Waals surface area (Å²) < 4.78 is 1.62. The van der Waals surface area contributed by atoms with Gasteiger partial charge in [-0.15, -0.1) is 0 Å². The zero-order valence-electron chi connectivity index (χ0n) is 11.1. The summed E-state index contributed by atoms with van der Waals surface area (Å²) in [4.78, 5) is 24.1. The highest BCUT2D eigenvalue weighted by Crippen LogP contribution is 2.21. The molecule has 0 unspecified atom stereocenters.